The maximum absolute atomic E-state index is 11.3. The van der Waals surface area contributed by atoms with Gasteiger partial charge < -0.3 is 4.74 Å². The normalized spacial score (nSPS) is 11.4. The van der Waals surface area contributed by atoms with Crippen molar-refractivity contribution in [3.8, 4) is 5.75 Å². The van der Waals surface area contributed by atoms with Gasteiger partial charge in [0, 0.05) is 10.7 Å². The quantitative estimate of drug-likeness (QED) is 0.789. The minimum atomic E-state index is -3.78. The van der Waals surface area contributed by atoms with Gasteiger partial charge >= 0.3 is 0 Å². The van der Waals surface area contributed by atoms with Crippen molar-refractivity contribution in [2.45, 2.75) is 11.8 Å². The van der Waals surface area contributed by atoms with E-state index in [9.17, 15) is 8.42 Å². The summed E-state index contributed by atoms with van der Waals surface area (Å²) in [7, 11) is 2.90. The van der Waals surface area contributed by atoms with Crippen molar-refractivity contribution in [3.63, 3.8) is 0 Å². The van der Waals surface area contributed by atoms with Gasteiger partial charge in [-0.1, -0.05) is 6.07 Å². The van der Waals surface area contributed by atoms with Gasteiger partial charge in [0.15, 0.2) is 5.75 Å². The van der Waals surface area contributed by atoms with E-state index < -0.39 is 9.05 Å². The van der Waals surface area contributed by atoms with Crippen LogP contribution >= 0.6 is 26.6 Å². The molecule has 1 aromatic rings. The molecule has 6 heteroatoms. The predicted octanol–water partition coefficient (Wildman–Crippen LogP) is 2.69. The Kier molecular flexibility index (Phi) is 3.44. The van der Waals surface area contributed by atoms with E-state index in [4.69, 9.17) is 15.4 Å². The van der Waals surface area contributed by atoms with Crippen LogP contribution in [0.1, 0.15) is 5.56 Å². The Balaban J connectivity index is 3.63. The monoisotopic (exact) mass is 298 g/mol. The first-order valence-corrected chi connectivity index (χ1v) is 6.76. The van der Waals surface area contributed by atoms with Crippen LogP contribution in [0.3, 0.4) is 0 Å². The zero-order valence-corrected chi connectivity index (χ0v) is 10.7. The van der Waals surface area contributed by atoms with Crippen molar-refractivity contribution in [2.24, 2.45) is 0 Å². The first-order chi connectivity index (χ1) is 6.38. The predicted molar refractivity (Wildman–Crippen MR) is 58.5 cm³/mol. The number of hydrogen-bond donors (Lipinski definition) is 0. The van der Waals surface area contributed by atoms with Crippen LogP contribution in [0, 0.1) is 6.92 Å². The van der Waals surface area contributed by atoms with Crippen LogP contribution in [0.4, 0.5) is 0 Å². The summed E-state index contributed by atoms with van der Waals surface area (Å²) in [5, 5.41) is 0. The minimum Gasteiger partial charge on any atom is -0.494 e. The number of ether oxygens (including phenoxy) is 1. The lowest BCUT2D eigenvalue weighted by Gasteiger charge is -2.10. The molecule has 0 aromatic heterocycles. The Morgan fingerprint density at radius 1 is 1.43 bits per heavy atom. The summed E-state index contributed by atoms with van der Waals surface area (Å²) >= 11 is 3.19. The first-order valence-electron chi connectivity index (χ1n) is 3.65. The second kappa shape index (κ2) is 4.08. The fourth-order valence-corrected chi connectivity index (χ4v) is 3.20. The molecule has 1 aromatic carbocycles. The molecule has 0 spiro atoms. The SMILES string of the molecule is COc1c(Br)ccc(C)c1S(=O)(=O)Cl. The van der Waals surface area contributed by atoms with Crippen LogP contribution in [-0.4, -0.2) is 15.5 Å². The van der Waals surface area contributed by atoms with E-state index >= 15 is 0 Å². The average Bonchev–Trinajstić information content (AvgIpc) is 2.06. The summed E-state index contributed by atoms with van der Waals surface area (Å²) in [6.45, 7) is 1.66. The molecule has 14 heavy (non-hydrogen) atoms. The summed E-state index contributed by atoms with van der Waals surface area (Å²) in [5.41, 5.74) is 0.556. The van der Waals surface area contributed by atoms with Gasteiger partial charge in [-0.15, -0.1) is 0 Å². The first kappa shape index (κ1) is 11.8. The molecule has 0 bridgehead atoms. The molecule has 78 valence electrons. The zero-order chi connectivity index (χ0) is 10.9. The van der Waals surface area contributed by atoms with Gasteiger partial charge in [0.05, 0.1) is 11.6 Å². The van der Waals surface area contributed by atoms with Crippen LogP contribution in [0.25, 0.3) is 0 Å². The van der Waals surface area contributed by atoms with Crippen LogP contribution in [-0.2, 0) is 9.05 Å². The summed E-state index contributed by atoms with van der Waals surface area (Å²) in [6, 6.07) is 3.36. The molecular weight excluding hydrogens is 292 g/mol. The third-order valence-corrected chi connectivity index (χ3v) is 3.79. The van der Waals surface area contributed by atoms with Crippen molar-refractivity contribution < 1.29 is 13.2 Å². The molecule has 0 unspecified atom stereocenters. The molecule has 3 nitrogen and oxygen atoms in total. The number of methoxy groups -OCH3 is 1. The van der Waals surface area contributed by atoms with Crippen molar-refractivity contribution >= 4 is 35.7 Å². The number of benzene rings is 1. The van der Waals surface area contributed by atoms with Crippen LogP contribution < -0.4 is 4.74 Å². The number of aryl methyl sites for hydroxylation is 1. The van der Waals surface area contributed by atoms with Crippen LogP contribution in [0.15, 0.2) is 21.5 Å². The number of hydrogen-bond acceptors (Lipinski definition) is 3. The summed E-state index contributed by atoms with van der Waals surface area (Å²) in [5.74, 6) is 0.236. The van der Waals surface area contributed by atoms with E-state index in [-0.39, 0.29) is 10.6 Å². The Morgan fingerprint density at radius 3 is 2.36 bits per heavy atom. The Hall–Kier alpha value is -0.260. The molecule has 1 rings (SSSR count). The third-order valence-electron chi connectivity index (χ3n) is 1.71. The van der Waals surface area contributed by atoms with E-state index in [1.807, 2.05) is 0 Å². The second-order valence-electron chi connectivity index (χ2n) is 2.66. The van der Waals surface area contributed by atoms with Gasteiger partial charge in [0.25, 0.3) is 9.05 Å². The van der Waals surface area contributed by atoms with Gasteiger partial charge in [0.2, 0.25) is 0 Å². The highest BCUT2D eigenvalue weighted by Gasteiger charge is 2.21. The summed E-state index contributed by atoms with van der Waals surface area (Å²) < 4.78 is 28.0. The molecule has 0 amide bonds. The highest BCUT2D eigenvalue weighted by Crippen LogP contribution is 2.36. The van der Waals surface area contributed by atoms with Crippen molar-refractivity contribution in [1.82, 2.24) is 0 Å². The molecule has 0 saturated heterocycles. The molecule has 0 radical (unpaired) electrons. The maximum Gasteiger partial charge on any atom is 0.265 e. The summed E-state index contributed by atoms with van der Waals surface area (Å²) in [6.07, 6.45) is 0. The van der Waals surface area contributed by atoms with Crippen molar-refractivity contribution in [2.75, 3.05) is 7.11 Å². The molecule has 0 N–H and O–H groups in total. The van der Waals surface area contributed by atoms with Crippen LogP contribution in [0.2, 0.25) is 0 Å². The molecule has 0 fully saturated rings. The van der Waals surface area contributed by atoms with Gasteiger partial charge in [-0.3, -0.25) is 0 Å². The topological polar surface area (TPSA) is 43.4 Å². The van der Waals surface area contributed by atoms with Gasteiger partial charge in [-0.2, -0.15) is 0 Å². The molecule has 0 atom stereocenters. The summed E-state index contributed by atoms with van der Waals surface area (Å²) in [4.78, 5) is 0.0102. The largest absolute Gasteiger partial charge is 0.494 e. The maximum atomic E-state index is 11.3. The van der Waals surface area contributed by atoms with Crippen molar-refractivity contribution in [1.29, 1.82) is 0 Å². The van der Waals surface area contributed by atoms with Gasteiger partial charge in [0.1, 0.15) is 4.90 Å². The second-order valence-corrected chi connectivity index (χ2v) is 6.02. The van der Waals surface area contributed by atoms with E-state index in [2.05, 4.69) is 15.9 Å². The van der Waals surface area contributed by atoms with E-state index in [1.165, 1.54) is 7.11 Å². The standard InChI is InChI=1S/C8H8BrClO3S/c1-5-3-4-6(9)7(13-2)8(5)14(10,11)12/h3-4H,1-2H3. The third kappa shape index (κ3) is 2.21. The molecule has 0 aliphatic rings. The lowest BCUT2D eigenvalue weighted by Crippen LogP contribution is -1.99. The van der Waals surface area contributed by atoms with Gasteiger partial charge in [-0.05, 0) is 34.5 Å². The van der Waals surface area contributed by atoms with Gasteiger partial charge in [-0.25, -0.2) is 8.42 Å². The molecule has 0 heterocycles. The highest BCUT2D eigenvalue weighted by atomic mass is 79.9. The molecular formula is C8H8BrClO3S. The molecule has 0 aliphatic carbocycles. The fraction of sp³-hybridized carbons (Fsp3) is 0.250. The van der Waals surface area contributed by atoms with E-state index in [1.54, 1.807) is 19.1 Å². The minimum absolute atomic E-state index is 0.0102. The van der Waals surface area contributed by atoms with E-state index in [0.29, 0.717) is 10.0 Å². The fourth-order valence-electron chi connectivity index (χ4n) is 1.13. The Labute approximate surface area is 95.6 Å². The number of rotatable bonds is 2. The smallest absolute Gasteiger partial charge is 0.265 e. The van der Waals surface area contributed by atoms with Crippen molar-refractivity contribution in [3.05, 3.63) is 22.2 Å². The lowest BCUT2D eigenvalue weighted by molar-refractivity contribution is 0.399. The lowest BCUT2D eigenvalue weighted by atomic mass is 10.2. The Bertz CT molecular complexity index is 456. The highest BCUT2D eigenvalue weighted by molar-refractivity contribution is 9.10. The average molecular weight is 300 g/mol. The molecule has 0 saturated carbocycles. The Morgan fingerprint density at radius 2 is 2.00 bits per heavy atom. The number of halogens is 2. The zero-order valence-electron chi connectivity index (χ0n) is 7.54. The molecule has 0 aliphatic heterocycles. The van der Waals surface area contributed by atoms with Crippen LogP contribution in [0.5, 0.6) is 5.75 Å². The van der Waals surface area contributed by atoms with E-state index in [0.717, 1.165) is 0 Å².